The monoisotopic (exact) mass is 341 g/mol. The molecule has 6 nitrogen and oxygen atoms in total. The third-order valence-electron chi connectivity index (χ3n) is 3.86. The van der Waals surface area contributed by atoms with Crippen molar-refractivity contribution in [2.45, 2.75) is 31.5 Å². The molecule has 0 aliphatic carbocycles. The number of ether oxygens (including phenoxy) is 1. The topological polar surface area (TPSA) is 67.1 Å². The summed E-state index contributed by atoms with van der Waals surface area (Å²) in [5.74, 6) is 0. The first-order valence-electron chi connectivity index (χ1n) is 6.89. The van der Waals surface area contributed by atoms with E-state index >= 15 is 0 Å². The molecule has 1 amide bonds. The Labute approximate surface area is 136 Å². The van der Waals surface area contributed by atoms with Crippen LogP contribution in [0.3, 0.4) is 0 Å². The van der Waals surface area contributed by atoms with Crippen LogP contribution in [0.25, 0.3) is 4.83 Å². The first-order chi connectivity index (χ1) is 10.5. The van der Waals surface area contributed by atoms with Gasteiger partial charge in [0.25, 0.3) is 0 Å². The van der Waals surface area contributed by atoms with E-state index in [-0.39, 0.29) is 18.7 Å². The zero-order valence-corrected chi connectivity index (χ0v) is 13.5. The second kappa shape index (κ2) is 5.91. The predicted molar refractivity (Wildman–Crippen MR) is 84.3 cm³/mol. The molecule has 0 radical (unpaired) electrons. The van der Waals surface area contributed by atoms with Gasteiger partial charge >= 0.3 is 6.09 Å². The Hall–Kier alpha value is -1.57. The third-order valence-corrected chi connectivity index (χ3v) is 5.26. The van der Waals surface area contributed by atoms with Gasteiger partial charge in [-0.25, -0.2) is 9.78 Å². The molecular weight excluding hydrogens is 326 g/mol. The molecule has 0 saturated carbocycles. The number of thiazole rings is 1. The average molecular weight is 342 g/mol. The van der Waals surface area contributed by atoms with E-state index in [1.807, 2.05) is 13.1 Å². The first-order valence-corrected chi connectivity index (χ1v) is 8.08. The summed E-state index contributed by atoms with van der Waals surface area (Å²) < 4.78 is 6.91. The summed E-state index contributed by atoms with van der Waals surface area (Å²) in [6.07, 6.45) is 4.50. The number of rotatable bonds is 3. The van der Waals surface area contributed by atoms with Gasteiger partial charge in [0.05, 0.1) is 24.4 Å². The van der Waals surface area contributed by atoms with Crippen molar-refractivity contribution in [3.05, 3.63) is 35.2 Å². The predicted octanol–water partition coefficient (Wildman–Crippen LogP) is 2.87. The first kappa shape index (κ1) is 15.3. The van der Waals surface area contributed by atoms with Crippen LogP contribution in [0.2, 0.25) is 5.28 Å². The number of likely N-dealkylation sites (tertiary alicyclic amines) is 1. The number of imidazole rings is 1. The van der Waals surface area contributed by atoms with Crippen LogP contribution >= 0.6 is 22.9 Å². The highest BCUT2D eigenvalue weighted by Gasteiger charge is 2.43. The van der Waals surface area contributed by atoms with Crippen LogP contribution in [0.4, 0.5) is 4.79 Å². The highest BCUT2D eigenvalue weighted by molar-refractivity contribution is 7.17. The van der Waals surface area contributed by atoms with Gasteiger partial charge in [-0.15, -0.1) is 11.3 Å². The molecule has 1 saturated heterocycles. The maximum absolute atomic E-state index is 12.3. The minimum atomic E-state index is -0.587. The molecule has 0 bridgehead atoms. The van der Waals surface area contributed by atoms with Gasteiger partial charge in [-0.1, -0.05) is 12.7 Å². The maximum Gasteiger partial charge on any atom is 0.410 e. The number of hydrogen-bond donors (Lipinski definition) is 1. The molecule has 0 aromatic carbocycles. The Balaban J connectivity index is 1.92. The van der Waals surface area contributed by atoms with E-state index < -0.39 is 12.2 Å². The number of fused-ring (bicyclic) bond motifs is 1. The molecule has 1 unspecified atom stereocenters. The number of aliphatic hydroxyl groups excluding tert-OH is 1. The highest BCUT2D eigenvalue weighted by atomic mass is 35.5. The van der Waals surface area contributed by atoms with Crippen LogP contribution in [0.5, 0.6) is 0 Å². The Morgan fingerprint density at radius 3 is 3.18 bits per heavy atom. The molecule has 0 spiro atoms. The fourth-order valence-corrected chi connectivity index (χ4v) is 4.03. The molecule has 22 heavy (non-hydrogen) atoms. The minimum absolute atomic E-state index is 0.146. The number of nitrogens with zero attached hydrogens (tertiary/aromatic N) is 3. The summed E-state index contributed by atoms with van der Waals surface area (Å²) in [5, 5.41) is 10.5. The Morgan fingerprint density at radius 1 is 1.73 bits per heavy atom. The van der Waals surface area contributed by atoms with Crippen LogP contribution in [0, 0.1) is 0 Å². The summed E-state index contributed by atoms with van der Waals surface area (Å²) in [6, 6.07) is -0.541. The van der Waals surface area contributed by atoms with E-state index in [2.05, 4.69) is 11.6 Å². The highest BCUT2D eigenvalue weighted by Crippen LogP contribution is 2.40. The molecule has 2 aromatic rings. The maximum atomic E-state index is 12.3. The summed E-state index contributed by atoms with van der Waals surface area (Å²) in [4.78, 5) is 19.7. The van der Waals surface area contributed by atoms with Crippen LogP contribution in [0.1, 0.15) is 24.3 Å². The van der Waals surface area contributed by atoms with Crippen LogP contribution in [-0.2, 0) is 4.74 Å². The molecule has 2 aromatic heterocycles. The quantitative estimate of drug-likeness (QED) is 0.872. The molecule has 3 heterocycles. The third kappa shape index (κ3) is 2.49. The van der Waals surface area contributed by atoms with Crippen molar-refractivity contribution < 1.29 is 14.6 Å². The summed E-state index contributed by atoms with van der Waals surface area (Å²) in [5.41, 5.74) is 0. The van der Waals surface area contributed by atoms with Crippen LogP contribution in [-0.4, -0.2) is 44.2 Å². The molecule has 1 aliphatic heterocycles. The lowest BCUT2D eigenvalue weighted by Gasteiger charge is -2.26. The van der Waals surface area contributed by atoms with Gasteiger partial charge in [-0.2, -0.15) is 0 Å². The van der Waals surface area contributed by atoms with Crippen molar-refractivity contribution in [3.63, 3.8) is 0 Å². The van der Waals surface area contributed by atoms with Gasteiger partial charge in [-0.05, 0) is 18.5 Å². The van der Waals surface area contributed by atoms with E-state index in [1.165, 1.54) is 17.4 Å². The van der Waals surface area contributed by atoms with Gasteiger partial charge in [-0.3, -0.25) is 9.30 Å². The summed E-state index contributed by atoms with van der Waals surface area (Å²) in [6.45, 7) is 5.49. The van der Waals surface area contributed by atoms with E-state index in [9.17, 15) is 9.90 Å². The smallest absolute Gasteiger partial charge is 0.410 e. The lowest BCUT2D eigenvalue weighted by molar-refractivity contribution is 0.0792. The minimum Gasteiger partial charge on any atom is -0.445 e. The second-order valence-corrected chi connectivity index (χ2v) is 6.63. The van der Waals surface area contributed by atoms with Crippen molar-refractivity contribution in [1.29, 1.82) is 0 Å². The van der Waals surface area contributed by atoms with E-state index in [0.29, 0.717) is 11.7 Å². The molecule has 8 heteroatoms. The standard InChI is InChI=1S/C14H16ClN3O3S/c1-3-4-21-14(20)18-8(2)10(19)5-9(18)11-7-17-12(22-11)6-16-13(17)15/h3,6-10,19H,1,4-5H2,2H3/t8?,9-,10+/m0/s1. The average Bonchev–Trinajstić information content (AvgIpc) is 3.13. The normalized spacial score (nSPS) is 24.9. The van der Waals surface area contributed by atoms with E-state index in [1.54, 1.807) is 15.5 Å². The van der Waals surface area contributed by atoms with Crippen LogP contribution < -0.4 is 0 Å². The summed E-state index contributed by atoms with van der Waals surface area (Å²) in [7, 11) is 0. The van der Waals surface area contributed by atoms with Gasteiger partial charge in [0.2, 0.25) is 5.28 Å². The number of halogens is 1. The molecule has 3 rings (SSSR count). The zero-order chi connectivity index (χ0) is 15.9. The Kier molecular flexibility index (Phi) is 4.12. The van der Waals surface area contributed by atoms with Crippen molar-refractivity contribution in [1.82, 2.24) is 14.3 Å². The molecular formula is C14H16ClN3O3S. The van der Waals surface area contributed by atoms with Gasteiger partial charge in [0.15, 0.2) is 0 Å². The SMILES string of the molecule is C=CCOC(=O)N1C(C)[C@H](O)C[C@H]1c1cn2c(Cl)ncc2s1. The van der Waals surface area contributed by atoms with Gasteiger partial charge in [0, 0.05) is 17.5 Å². The van der Waals surface area contributed by atoms with Crippen molar-refractivity contribution >= 4 is 33.9 Å². The molecule has 1 fully saturated rings. The number of carbonyl (C=O) groups is 1. The molecule has 1 aliphatic rings. The largest absolute Gasteiger partial charge is 0.445 e. The number of hydrogen-bond acceptors (Lipinski definition) is 5. The Bertz CT molecular complexity index is 713. The lowest BCUT2D eigenvalue weighted by atomic mass is 10.1. The molecule has 3 atom stereocenters. The Morgan fingerprint density at radius 2 is 2.50 bits per heavy atom. The van der Waals surface area contributed by atoms with E-state index in [0.717, 1.165) is 9.71 Å². The van der Waals surface area contributed by atoms with Crippen molar-refractivity contribution in [2.75, 3.05) is 6.61 Å². The van der Waals surface area contributed by atoms with Gasteiger partial charge < -0.3 is 9.84 Å². The van der Waals surface area contributed by atoms with Crippen LogP contribution in [0.15, 0.2) is 25.0 Å². The number of aromatic nitrogens is 2. The fraction of sp³-hybridized carbons (Fsp3) is 0.429. The second-order valence-electron chi connectivity index (χ2n) is 5.20. The van der Waals surface area contributed by atoms with Crippen molar-refractivity contribution in [2.24, 2.45) is 0 Å². The zero-order valence-electron chi connectivity index (χ0n) is 12.0. The molecule has 118 valence electrons. The van der Waals surface area contributed by atoms with Crippen molar-refractivity contribution in [3.8, 4) is 0 Å². The number of carbonyl (C=O) groups excluding carboxylic acids is 1. The summed E-state index contributed by atoms with van der Waals surface area (Å²) >= 11 is 7.51. The fourth-order valence-electron chi connectivity index (χ4n) is 2.70. The van der Waals surface area contributed by atoms with Gasteiger partial charge in [0.1, 0.15) is 11.4 Å². The lowest BCUT2D eigenvalue weighted by Crippen LogP contribution is -2.39. The number of amides is 1. The number of aliphatic hydroxyl groups is 1. The molecule has 1 N–H and O–H groups in total. The van der Waals surface area contributed by atoms with E-state index in [4.69, 9.17) is 16.3 Å².